The van der Waals surface area contributed by atoms with E-state index in [2.05, 4.69) is 33.0 Å². The van der Waals surface area contributed by atoms with Crippen LogP contribution >= 0.6 is 12.4 Å². The van der Waals surface area contributed by atoms with Crippen molar-refractivity contribution in [3.05, 3.63) is 52.3 Å². The Morgan fingerprint density at radius 2 is 1.93 bits per heavy atom. The summed E-state index contributed by atoms with van der Waals surface area (Å²) in [5, 5.41) is 13.2. The number of benzene rings is 1. The molecular formula is C19H24ClN5O2. The molecule has 0 spiro atoms. The van der Waals surface area contributed by atoms with E-state index < -0.39 is 0 Å². The number of hydrogen-bond donors (Lipinski definition) is 3. The van der Waals surface area contributed by atoms with Crippen LogP contribution in [0.4, 0.5) is 0 Å². The molecule has 2 aliphatic rings. The molecule has 0 saturated carbocycles. The van der Waals surface area contributed by atoms with Gasteiger partial charge >= 0.3 is 0 Å². The van der Waals surface area contributed by atoms with Crippen LogP contribution in [0.15, 0.2) is 24.3 Å². The second-order valence-electron chi connectivity index (χ2n) is 6.83. The van der Waals surface area contributed by atoms with Gasteiger partial charge in [-0.15, -0.1) is 12.4 Å². The van der Waals surface area contributed by atoms with Crippen molar-refractivity contribution in [3.63, 3.8) is 0 Å². The summed E-state index contributed by atoms with van der Waals surface area (Å²) in [4.78, 5) is 26.6. The number of carbonyl (C=O) groups is 2. The average Bonchev–Trinajstić information content (AvgIpc) is 3.29. The van der Waals surface area contributed by atoms with Crippen LogP contribution in [0.1, 0.15) is 45.7 Å². The molecule has 1 aromatic carbocycles. The molecule has 0 atom stereocenters. The van der Waals surface area contributed by atoms with Crippen LogP contribution in [-0.4, -0.2) is 40.0 Å². The van der Waals surface area contributed by atoms with Gasteiger partial charge in [0.05, 0.1) is 0 Å². The van der Waals surface area contributed by atoms with Gasteiger partial charge in [-0.2, -0.15) is 5.10 Å². The normalized spacial score (nSPS) is 14.9. The van der Waals surface area contributed by atoms with Gasteiger partial charge in [-0.05, 0) is 17.5 Å². The first-order valence-electron chi connectivity index (χ1n) is 9.12. The highest BCUT2D eigenvalue weighted by Gasteiger charge is 2.23. The van der Waals surface area contributed by atoms with Crippen molar-refractivity contribution in [3.8, 4) is 0 Å². The Morgan fingerprint density at radius 3 is 2.67 bits per heavy atom. The Hall–Kier alpha value is -2.38. The van der Waals surface area contributed by atoms with Crippen LogP contribution in [0.3, 0.4) is 0 Å². The number of carbonyl (C=O) groups excluding carboxylic acids is 2. The highest BCUT2D eigenvalue weighted by atomic mass is 35.5. The standard InChI is InChI=1S/C19H23N5O2.ClH/c25-17(24-11-13-4-1-2-5-14(13)12-24)6-3-8-21-19(26)18-15-10-20-9-7-16(15)22-23-18;/h1-2,4-5,20H,3,6-12H2,(H,21,26)(H,22,23);1H. The van der Waals surface area contributed by atoms with Gasteiger partial charge in [0, 0.05) is 56.8 Å². The number of nitrogens with zero attached hydrogens (tertiary/aromatic N) is 2. The van der Waals surface area contributed by atoms with E-state index in [0.29, 0.717) is 44.7 Å². The number of aromatic amines is 1. The van der Waals surface area contributed by atoms with Crippen molar-refractivity contribution < 1.29 is 9.59 Å². The summed E-state index contributed by atoms with van der Waals surface area (Å²) in [6.07, 6.45) is 1.93. The molecule has 2 aromatic rings. The second kappa shape index (κ2) is 8.54. The predicted octanol–water partition coefficient (Wildman–Crippen LogP) is 1.53. The molecule has 2 aliphatic heterocycles. The lowest BCUT2D eigenvalue weighted by atomic mass is 10.1. The molecule has 0 bridgehead atoms. The van der Waals surface area contributed by atoms with Gasteiger partial charge in [0.2, 0.25) is 5.91 Å². The summed E-state index contributed by atoms with van der Waals surface area (Å²) in [5.74, 6) is -0.0379. The van der Waals surface area contributed by atoms with Crippen molar-refractivity contribution >= 4 is 24.2 Å². The summed E-state index contributed by atoms with van der Waals surface area (Å²) in [5.41, 5.74) is 4.92. The van der Waals surface area contributed by atoms with Gasteiger partial charge in [0.15, 0.2) is 5.69 Å². The van der Waals surface area contributed by atoms with Gasteiger partial charge in [-0.1, -0.05) is 24.3 Å². The van der Waals surface area contributed by atoms with Crippen molar-refractivity contribution in [1.82, 2.24) is 25.7 Å². The average molecular weight is 390 g/mol. The summed E-state index contributed by atoms with van der Waals surface area (Å²) < 4.78 is 0. The van der Waals surface area contributed by atoms with E-state index in [-0.39, 0.29) is 24.2 Å². The van der Waals surface area contributed by atoms with Crippen LogP contribution in [0.5, 0.6) is 0 Å². The fourth-order valence-corrected chi connectivity index (χ4v) is 3.61. The third-order valence-corrected chi connectivity index (χ3v) is 5.07. The van der Waals surface area contributed by atoms with E-state index in [4.69, 9.17) is 0 Å². The van der Waals surface area contributed by atoms with Crippen LogP contribution < -0.4 is 10.6 Å². The Labute approximate surface area is 164 Å². The number of H-pyrrole nitrogens is 1. The van der Waals surface area contributed by atoms with Gasteiger partial charge in [0.25, 0.3) is 5.91 Å². The van der Waals surface area contributed by atoms with E-state index in [1.807, 2.05) is 17.0 Å². The molecule has 7 nitrogen and oxygen atoms in total. The Balaban J connectivity index is 0.00000210. The van der Waals surface area contributed by atoms with Gasteiger partial charge in [-0.25, -0.2) is 0 Å². The van der Waals surface area contributed by atoms with Gasteiger partial charge in [-0.3, -0.25) is 14.7 Å². The smallest absolute Gasteiger partial charge is 0.272 e. The molecule has 0 radical (unpaired) electrons. The van der Waals surface area contributed by atoms with Crippen LogP contribution in [0.2, 0.25) is 0 Å². The summed E-state index contributed by atoms with van der Waals surface area (Å²) in [7, 11) is 0. The zero-order valence-electron chi connectivity index (χ0n) is 15.1. The first kappa shape index (κ1) is 19.4. The van der Waals surface area contributed by atoms with E-state index >= 15 is 0 Å². The van der Waals surface area contributed by atoms with Crippen LogP contribution in [0.25, 0.3) is 0 Å². The summed E-state index contributed by atoms with van der Waals surface area (Å²) >= 11 is 0. The zero-order valence-corrected chi connectivity index (χ0v) is 15.9. The van der Waals surface area contributed by atoms with Crippen molar-refractivity contribution in [2.24, 2.45) is 0 Å². The lowest BCUT2D eigenvalue weighted by Crippen LogP contribution is -2.30. The number of nitrogens with one attached hydrogen (secondary N) is 3. The number of fused-ring (bicyclic) bond motifs is 2. The van der Waals surface area contributed by atoms with Gasteiger partial charge in [0.1, 0.15) is 0 Å². The number of hydrogen-bond acceptors (Lipinski definition) is 4. The Morgan fingerprint density at radius 1 is 1.19 bits per heavy atom. The van der Waals surface area contributed by atoms with E-state index in [0.717, 1.165) is 24.2 Å². The second-order valence-corrected chi connectivity index (χ2v) is 6.83. The fraction of sp³-hybridized carbons (Fsp3) is 0.421. The summed E-state index contributed by atoms with van der Waals surface area (Å²) in [6.45, 7) is 3.42. The highest BCUT2D eigenvalue weighted by molar-refractivity contribution is 5.94. The molecule has 1 aromatic heterocycles. The summed E-state index contributed by atoms with van der Waals surface area (Å²) in [6, 6.07) is 8.15. The minimum Gasteiger partial charge on any atom is -0.351 e. The molecule has 0 aliphatic carbocycles. The molecule has 27 heavy (non-hydrogen) atoms. The number of halogens is 1. The zero-order chi connectivity index (χ0) is 17.9. The number of rotatable bonds is 5. The molecule has 4 rings (SSSR count). The predicted molar refractivity (Wildman–Crippen MR) is 104 cm³/mol. The van der Waals surface area contributed by atoms with Crippen LogP contribution in [-0.2, 0) is 30.8 Å². The first-order chi connectivity index (χ1) is 12.7. The lowest BCUT2D eigenvalue weighted by molar-refractivity contribution is -0.131. The fourth-order valence-electron chi connectivity index (χ4n) is 3.61. The highest BCUT2D eigenvalue weighted by Crippen LogP contribution is 2.23. The Bertz CT molecular complexity index is 810. The third-order valence-electron chi connectivity index (χ3n) is 5.07. The van der Waals surface area contributed by atoms with E-state index in [1.165, 1.54) is 11.1 Å². The topological polar surface area (TPSA) is 90.1 Å². The molecule has 3 N–H and O–H groups in total. The number of amides is 2. The third kappa shape index (κ3) is 4.14. The molecule has 8 heteroatoms. The maximum atomic E-state index is 12.4. The van der Waals surface area contributed by atoms with E-state index in [1.54, 1.807) is 0 Å². The molecule has 0 fully saturated rings. The van der Waals surface area contributed by atoms with E-state index in [9.17, 15) is 9.59 Å². The first-order valence-corrected chi connectivity index (χ1v) is 9.12. The largest absolute Gasteiger partial charge is 0.351 e. The monoisotopic (exact) mass is 389 g/mol. The lowest BCUT2D eigenvalue weighted by Gasteiger charge is -2.15. The molecule has 2 amide bonds. The molecular weight excluding hydrogens is 366 g/mol. The molecule has 3 heterocycles. The minimum atomic E-state index is -0.174. The molecule has 0 unspecified atom stereocenters. The minimum absolute atomic E-state index is 0. The van der Waals surface area contributed by atoms with Crippen molar-refractivity contribution in [2.45, 2.75) is 38.9 Å². The Kier molecular flexibility index (Phi) is 6.13. The van der Waals surface area contributed by atoms with Crippen LogP contribution in [0, 0.1) is 0 Å². The maximum absolute atomic E-state index is 12.4. The molecule has 144 valence electrons. The molecule has 0 saturated heterocycles. The SMILES string of the molecule is Cl.O=C(NCCCC(=O)N1Cc2ccccc2C1)c1n[nH]c2c1CNCC2. The number of aromatic nitrogens is 2. The quantitative estimate of drug-likeness (QED) is 0.676. The maximum Gasteiger partial charge on any atom is 0.272 e. The van der Waals surface area contributed by atoms with Gasteiger partial charge < -0.3 is 15.5 Å². The van der Waals surface area contributed by atoms with Crippen molar-refractivity contribution in [2.75, 3.05) is 13.1 Å². The van der Waals surface area contributed by atoms with Crippen molar-refractivity contribution in [1.29, 1.82) is 0 Å².